The summed E-state index contributed by atoms with van der Waals surface area (Å²) in [4.78, 5) is 0. The molecule has 2 fully saturated rings. The minimum atomic E-state index is -0.0310. The molecule has 1 heterocycles. The van der Waals surface area contributed by atoms with Gasteiger partial charge in [-0.25, -0.2) is 0 Å². The average molecular weight is 198 g/mol. The quantitative estimate of drug-likeness (QED) is 0.596. The van der Waals surface area contributed by atoms with E-state index in [1.807, 2.05) is 6.92 Å². The molecule has 2 rings (SSSR count). The van der Waals surface area contributed by atoms with Crippen molar-refractivity contribution in [2.75, 3.05) is 0 Å². The molecule has 2 aliphatic rings. The Morgan fingerprint density at radius 2 is 1.86 bits per heavy atom. The lowest BCUT2D eigenvalue weighted by Crippen LogP contribution is -2.53. The topological polar surface area (TPSA) is 18.5 Å². The first-order valence-corrected chi connectivity index (χ1v) is 5.82. The lowest BCUT2D eigenvalue weighted by molar-refractivity contribution is -0.302. The van der Waals surface area contributed by atoms with E-state index in [9.17, 15) is 0 Å². The minimum Gasteiger partial charge on any atom is -0.349 e. The van der Waals surface area contributed by atoms with Gasteiger partial charge in [0.1, 0.15) is 0 Å². The van der Waals surface area contributed by atoms with Gasteiger partial charge in [0.2, 0.25) is 0 Å². The summed E-state index contributed by atoms with van der Waals surface area (Å²) in [6.07, 6.45) is 4.19. The molecule has 0 N–H and O–H groups in total. The number of rotatable bonds is 0. The molecule has 1 aliphatic heterocycles. The molecule has 0 amide bonds. The van der Waals surface area contributed by atoms with Gasteiger partial charge in [0.25, 0.3) is 0 Å². The molecule has 4 atom stereocenters. The maximum Gasteiger partial charge on any atom is 0.155 e. The van der Waals surface area contributed by atoms with E-state index in [1.165, 1.54) is 19.3 Å². The standard InChI is InChI=1S/C12H22O2/c1-8-5-6-10-11(7-8)13-9(2)14-12(10,3)4/h8-11H,5-7H2,1-4H3. The van der Waals surface area contributed by atoms with Gasteiger partial charge in [-0.1, -0.05) is 13.3 Å². The molecule has 4 unspecified atom stereocenters. The maximum absolute atomic E-state index is 5.87. The van der Waals surface area contributed by atoms with Crippen LogP contribution in [0.1, 0.15) is 47.0 Å². The van der Waals surface area contributed by atoms with Crippen LogP contribution in [0.3, 0.4) is 0 Å². The van der Waals surface area contributed by atoms with Gasteiger partial charge in [-0.15, -0.1) is 0 Å². The Kier molecular flexibility index (Phi) is 2.61. The molecular formula is C12H22O2. The van der Waals surface area contributed by atoms with Crippen molar-refractivity contribution in [2.45, 2.75) is 65.0 Å². The van der Waals surface area contributed by atoms with Crippen LogP contribution < -0.4 is 0 Å². The van der Waals surface area contributed by atoms with Gasteiger partial charge in [-0.05, 0) is 39.5 Å². The smallest absolute Gasteiger partial charge is 0.155 e. The summed E-state index contributed by atoms with van der Waals surface area (Å²) in [6.45, 7) is 8.75. The van der Waals surface area contributed by atoms with Crippen LogP contribution in [0.2, 0.25) is 0 Å². The van der Waals surface area contributed by atoms with E-state index >= 15 is 0 Å². The highest BCUT2D eigenvalue weighted by Gasteiger charge is 2.45. The van der Waals surface area contributed by atoms with Crippen molar-refractivity contribution >= 4 is 0 Å². The fourth-order valence-electron chi connectivity index (χ4n) is 3.06. The SMILES string of the molecule is CC1CCC2C(C1)OC(C)OC2(C)C. The first-order chi connectivity index (χ1) is 6.49. The van der Waals surface area contributed by atoms with Gasteiger partial charge in [0.15, 0.2) is 6.29 Å². The van der Waals surface area contributed by atoms with E-state index in [0.29, 0.717) is 12.0 Å². The van der Waals surface area contributed by atoms with Crippen LogP contribution in [0.5, 0.6) is 0 Å². The molecule has 0 aromatic carbocycles. The second-order valence-electron chi connectivity index (χ2n) is 5.49. The molecular weight excluding hydrogens is 176 g/mol. The van der Waals surface area contributed by atoms with E-state index in [2.05, 4.69) is 20.8 Å². The molecule has 1 saturated carbocycles. The highest BCUT2D eigenvalue weighted by molar-refractivity contribution is 4.92. The second kappa shape index (κ2) is 3.49. The number of hydrogen-bond acceptors (Lipinski definition) is 2. The highest BCUT2D eigenvalue weighted by atomic mass is 16.7. The van der Waals surface area contributed by atoms with Crippen molar-refractivity contribution in [1.29, 1.82) is 0 Å². The van der Waals surface area contributed by atoms with Crippen LogP contribution in [0.4, 0.5) is 0 Å². The van der Waals surface area contributed by atoms with E-state index in [1.54, 1.807) is 0 Å². The molecule has 1 saturated heterocycles. The van der Waals surface area contributed by atoms with Crippen molar-refractivity contribution in [3.63, 3.8) is 0 Å². The lowest BCUT2D eigenvalue weighted by Gasteiger charge is -2.49. The van der Waals surface area contributed by atoms with Crippen molar-refractivity contribution in [3.8, 4) is 0 Å². The third-order valence-electron chi connectivity index (χ3n) is 3.78. The largest absolute Gasteiger partial charge is 0.349 e. The normalized spacial score (nSPS) is 47.1. The fraction of sp³-hybridized carbons (Fsp3) is 1.00. The summed E-state index contributed by atoms with van der Waals surface area (Å²) in [6, 6.07) is 0. The number of fused-ring (bicyclic) bond motifs is 1. The summed E-state index contributed by atoms with van der Waals surface area (Å²) in [5, 5.41) is 0. The number of hydrogen-bond donors (Lipinski definition) is 0. The minimum absolute atomic E-state index is 0.00245. The van der Waals surface area contributed by atoms with Crippen LogP contribution in [0.25, 0.3) is 0 Å². The summed E-state index contributed by atoms with van der Waals surface area (Å²) in [7, 11) is 0. The molecule has 1 aliphatic carbocycles. The Labute approximate surface area is 87.0 Å². The van der Waals surface area contributed by atoms with E-state index in [0.717, 1.165) is 5.92 Å². The molecule has 2 heteroatoms. The summed E-state index contributed by atoms with van der Waals surface area (Å²) < 4.78 is 11.7. The zero-order valence-electron chi connectivity index (χ0n) is 9.75. The van der Waals surface area contributed by atoms with Gasteiger partial charge < -0.3 is 9.47 Å². The van der Waals surface area contributed by atoms with Gasteiger partial charge >= 0.3 is 0 Å². The summed E-state index contributed by atoms with van der Waals surface area (Å²) in [5.74, 6) is 1.41. The molecule has 0 aromatic rings. The molecule has 2 nitrogen and oxygen atoms in total. The van der Waals surface area contributed by atoms with Gasteiger partial charge in [-0.3, -0.25) is 0 Å². The Morgan fingerprint density at radius 1 is 1.14 bits per heavy atom. The van der Waals surface area contributed by atoms with Gasteiger partial charge in [0, 0.05) is 5.92 Å². The van der Waals surface area contributed by atoms with Crippen molar-refractivity contribution < 1.29 is 9.47 Å². The lowest BCUT2D eigenvalue weighted by atomic mass is 9.72. The molecule has 0 spiro atoms. The van der Waals surface area contributed by atoms with E-state index in [-0.39, 0.29) is 11.9 Å². The van der Waals surface area contributed by atoms with Crippen LogP contribution in [0, 0.1) is 11.8 Å². The van der Waals surface area contributed by atoms with Crippen molar-refractivity contribution in [1.82, 2.24) is 0 Å². The van der Waals surface area contributed by atoms with Crippen LogP contribution in [-0.2, 0) is 9.47 Å². The van der Waals surface area contributed by atoms with Crippen LogP contribution >= 0.6 is 0 Å². The fourth-order valence-corrected chi connectivity index (χ4v) is 3.06. The molecule has 14 heavy (non-hydrogen) atoms. The third kappa shape index (κ3) is 1.82. The van der Waals surface area contributed by atoms with Crippen molar-refractivity contribution in [2.24, 2.45) is 11.8 Å². The Bertz CT molecular complexity index is 210. The zero-order chi connectivity index (χ0) is 10.3. The zero-order valence-corrected chi connectivity index (χ0v) is 9.75. The Hall–Kier alpha value is -0.0800. The predicted molar refractivity (Wildman–Crippen MR) is 56.0 cm³/mol. The first kappa shape index (κ1) is 10.4. The van der Waals surface area contributed by atoms with Gasteiger partial charge in [0.05, 0.1) is 11.7 Å². The third-order valence-corrected chi connectivity index (χ3v) is 3.78. The highest BCUT2D eigenvalue weighted by Crippen LogP contribution is 2.43. The van der Waals surface area contributed by atoms with E-state index < -0.39 is 0 Å². The monoisotopic (exact) mass is 198 g/mol. The molecule has 0 radical (unpaired) electrons. The Morgan fingerprint density at radius 3 is 2.57 bits per heavy atom. The number of ether oxygens (including phenoxy) is 2. The maximum atomic E-state index is 5.87. The van der Waals surface area contributed by atoms with Gasteiger partial charge in [-0.2, -0.15) is 0 Å². The predicted octanol–water partition coefficient (Wildman–Crippen LogP) is 2.96. The van der Waals surface area contributed by atoms with Crippen LogP contribution in [-0.4, -0.2) is 18.0 Å². The van der Waals surface area contributed by atoms with Crippen molar-refractivity contribution in [3.05, 3.63) is 0 Å². The molecule has 0 bridgehead atoms. The average Bonchev–Trinajstić information content (AvgIpc) is 2.00. The Balaban J connectivity index is 2.12. The first-order valence-electron chi connectivity index (χ1n) is 5.82. The van der Waals surface area contributed by atoms with E-state index in [4.69, 9.17) is 9.47 Å². The van der Waals surface area contributed by atoms with Crippen LogP contribution in [0.15, 0.2) is 0 Å². The summed E-state index contributed by atoms with van der Waals surface area (Å²) >= 11 is 0. The molecule has 82 valence electrons. The second-order valence-corrected chi connectivity index (χ2v) is 5.49. The molecule has 0 aromatic heterocycles. The summed E-state index contributed by atoms with van der Waals surface area (Å²) in [5.41, 5.74) is 0.00245.